The van der Waals surface area contributed by atoms with Crippen LogP contribution >= 0.6 is 0 Å². The zero-order valence-electron chi connectivity index (χ0n) is 27.9. The first-order valence-electron chi connectivity index (χ1n) is 17.3. The highest BCUT2D eigenvalue weighted by Gasteiger charge is 2.59. The van der Waals surface area contributed by atoms with Crippen LogP contribution in [0.5, 0.6) is 0 Å². The lowest BCUT2D eigenvalue weighted by atomic mass is 9.46. The molecular weight excluding hydrogens is 544 g/mol. The summed E-state index contributed by atoms with van der Waals surface area (Å²) in [5, 5.41) is 3.19. The third-order valence-corrected chi connectivity index (χ3v) is 13.6. The van der Waals surface area contributed by atoms with E-state index in [1.807, 2.05) is 14.1 Å². The molecule has 0 aromatic carbocycles. The zero-order valence-corrected chi connectivity index (χ0v) is 28.7. The smallest absolute Gasteiger partial charge is 0.223 e. The summed E-state index contributed by atoms with van der Waals surface area (Å²) in [4.78, 5) is 13.2. The molecule has 0 radical (unpaired) electrons. The maximum absolute atomic E-state index is 13.2. The Morgan fingerprint density at radius 2 is 1.76 bits per heavy atom. The van der Waals surface area contributed by atoms with Crippen molar-refractivity contribution >= 4 is 16.0 Å². The molecule has 1 amide bonds. The highest BCUT2D eigenvalue weighted by atomic mass is 32.2. The van der Waals surface area contributed by atoms with Crippen molar-refractivity contribution in [2.45, 2.75) is 112 Å². The number of hydrogen-bond acceptors (Lipinski definition) is 4. The maximum Gasteiger partial charge on any atom is 0.223 e. The summed E-state index contributed by atoms with van der Waals surface area (Å²) in [6.45, 7) is 14.4. The second-order valence-electron chi connectivity index (χ2n) is 16.5. The van der Waals surface area contributed by atoms with Crippen LogP contribution in [0.2, 0.25) is 0 Å². The number of hydrogen-bond donors (Lipinski definition) is 1. The first-order chi connectivity index (χ1) is 19.6. The number of carbonyl (C=O) groups is 1. The molecule has 4 aliphatic rings. The third kappa shape index (κ3) is 7.65. The number of rotatable bonds is 13. The summed E-state index contributed by atoms with van der Waals surface area (Å²) in [6.07, 6.45) is 16.9. The second kappa shape index (κ2) is 13.2. The minimum absolute atomic E-state index is 0.0542. The van der Waals surface area contributed by atoms with Gasteiger partial charge < -0.3 is 14.4 Å². The minimum Gasteiger partial charge on any atom is -0.748 e. The number of carbonyl (C=O) groups excluding carboxylic acids is 1. The van der Waals surface area contributed by atoms with Crippen molar-refractivity contribution in [1.29, 1.82) is 0 Å². The lowest BCUT2D eigenvalue weighted by Gasteiger charge is -2.58. The maximum atomic E-state index is 13.2. The van der Waals surface area contributed by atoms with Gasteiger partial charge in [-0.2, -0.15) is 0 Å². The third-order valence-electron chi connectivity index (χ3n) is 12.9. The predicted octanol–water partition coefficient (Wildman–Crippen LogP) is 6.77. The van der Waals surface area contributed by atoms with Crippen molar-refractivity contribution in [3.8, 4) is 0 Å². The number of allylic oxidation sites excluding steroid dienone is 2. The van der Waals surface area contributed by atoms with Crippen molar-refractivity contribution in [3.63, 3.8) is 0 Å². The molecule has 3 saturated carbocycles. The van der Waals surface area contributed by atoms with Crippen LogP contribution in [0.4, 0.5) is 0 Å². The SMILES string of the molecule is CC(C)CCC[C@@H](C)C1CCC2[C@@H]3CC=C4C[C@@H](C(=O)NCC[N+](C)(C)CCCS(=O)(=O)[O-])CC[C@]4(C)C3CC[C@@]21C. The first kappa shape index (κ1) is 34.0. The van der Waals surface area contributed by atoms with Gasteiger partial charge in [-0.15, -0.1) is 0 Å². The average molecular weight is 607 g/mol. The van der Waals surface area contributed by atoms with Gasteiger partial charge in [0.25, 0.3) is 0 Å². The van der Waals surface area contributed by atoms with Crippen LogP contribution in [0.1, 0.15) is 112 Å². The topological polar surface area (TPSA) is 86.3 Å². The van der Waals surface area contributed by atoms with Gasteiger partial charge in [0.15, 0.2) is 0 Å². The fourth-order valence-corrected chi connectivity index (χ4v) is 10.8. The van der Waals surface area contributed by atoms with E-state index in [1.54, 1.807) is 5.57 Å². The summed E-state index contributed by atoms with van der Waals surface area (Å²) in [6, 6.07) is 0. The molecule has 3 unspecified atom stereocenters. The molecule has 0 bridgehead atoms. The summed E-state index contributed by atoms with van der Waals surface area (Å²) in [7, 11) is -0.128. The van der Waals surface area contributed by atoms with Gasteiger partial charge in [-0.25, -0.2) is 8.42 Å². The van der Waals surface area contributed by atoms with Crippen molar-refractivity contribution in [2.24, 2.45) is 52.3 Å². The molecule has 42 heavy (non-hydrogen) atoms. The molecule has 0 aromatic rings. The molecule has 3 fully saturated rings. The predicted molar refractivity (Wildman–Crippen MR) is 171 cm³/mol. The van der Waals surface area contributed by atoms with Crippen LogP contribution in [0.15, 0.2) is 11.6 Å². The Labute approximate surface area is 258 Å². The molecule has 0 heterocycles. The Morgan fingerprint density at radius 1 is 1.02 bits per heavy atom. The van der Waals surface area contributed by atoms with Gasteiger partial charge in [0.2, 0.25) is 5.91 Å². The first-order valence-corrected chi connectivity index (χ1v) is 18.9. The van der Waals surface area contributed by atoms with Crippen molar-refractivity contribution in [3.05, 3.63) is 11.6 Å². The van der Waals surface area contributed by atoms with E-state index in [2.05, 4.69) is 46.0 Å². The van der Waals surface area contributed by atoms with Crippen LogP contribution in [0.3, 0.4) is 0 Å². The summed E-state index contributed by atoms with van der Waals surface area (Å²) < 4.78 is 33.4. The van der Waals surface area contributed by atoms with E-state index in [0.717, 1.165) is 61.3 Å². The summed E-state index contributed by atoms with van der Waals surface area (Å²) >= 11 is 0. The van der Waals surface area contributed by atoms with Crippen molar-refractivity contribution in [1.82, 2.24) is 5.32 Å². The minimum atomic E-state index is -4.17. The second-order valence-corrected chi connectivity index (χ2v) is 18.0. The standard InChI is InChI=1S/C35H62N2O4S/c1-25(2)10-8-11-26(3)30-14-15-31-29-13-12-28-24-27(16-18-34(28,4)32(29)17-19-35(30,31)5)33(38)36-20-22-37(6,7)21-9-23-42(39,40)41/h12,25-27,29-32H,8-11,13-24H2,1-7H3,(H-,36,38,39,40,41)/t26-,27+,29+,30?,31?,32?,34+,35-/m1/s1. The van der Waals surface area contributed by atoms with E-state index in [0.29, 0.717) is 29.4 Å². The van der Waals surface area contributed by atoms with Gasteiger partial charge in [0.1, 0.15) is 0 Å². The molecule has 7 heteroatoms. The Kier molecular flexibility index (Phi) is 10.7. The number of quaternary nitrogens is 1. The summed E-state index contributed by atoms with van der Waals surface area (Å²) in [5.41, 5.74) is 2.32. The molecule has 1 N–H and O–H groups in total. The Hall–Kier alpha value is -0.920. The quantitative estimate of drug-likeness (QED) is 0.142. The average Bonchev–Trinajstić information content (AvgIpc) is 3.24. The van der Waals surface area contributed by atoms with Crippen LogP contribution < -0.4 is 5.32 Å². The monoisotopic (exact) mass is 606 g/mol. The van der Waals surface area contributed by atoms with Crippen LogP contribution in [0, 0.1) is 52.3 Å². The van der Waals surface area contributed by atoms with Crippen LogP contribution in [0.25, 0.3) is 0 Å². The van der Waals surface area contributed by atoms with Gasteiger partial charge in [0, 0.05) is 18.1 Å². The van der Waals surface area contributed by atoms with Crippen LogP contribution in [-0.2, 0) is 14.9 Å². The van der Waals surface area contributed by atoms with E-state index >= 15 is 0 Å². The molecule has 4 aliphatic carbocycles. The van der Waals surface area contributed by atoms with Gasteiger partial charge in [-0.3, -0.25) is 4.79 Å². The van der Waals surface area contributed by atoms with Crippen LogP contribution in [-0.4, -0.2) is 62.8 Å². The molecule has 0 spiro atoms. The number of fused-ring (bicyclic) bond motifs is 5. The Balaban J connectivity index is 1.31. The summed E-state index contributed by atoms with van der Waals surface area (Å²) in [5.74, 6) is 4.88. The van der Waals surface area contributed by atoms with E-state index < -0.39 is 10.1 Å². The molecule has 8 atom stereocenters. The Morgan fingerprint density at radius 3 is 2.45 bits per heavy atom. The van der Waals surface area contributed by atoms with Gasteiger partial charge >= 0.3 is 0 Å². The molecule has 4 rings (SSSR count). The fourth-order valence-electron chi connectivity index (χ4n) is 10.3. The highest BCUT2D eigenvalue weighted by Crippen LogP contribution is 2.67. The lowest BCUT2D eigenvalue weighted by molar-refractivity contribution is -0.889. The molecular formula is C35H62N2O4S. The number of amides is 1. The fraction of sp³-hybridized carbons (Fsp3) is 0.914. The molecule has 0 saturated heterocycles. The van der Waals surface area contributed by atoms with E-state index in [9.17, 15) is 17.8 Å². The Bertz CT molecular complexity index is 1080. The van der Waals surface area contributed by atoms with Gasteiger partial charge in [-0.05, 0) is 97.7 Å². The number of nitrogens with one attached hydrogen (secondary N) is 1. The molecule has 6 nitrogen and oxygen atoms in total. The lowest BCUT2D eigenvalue weighted by Crippen LogP contribution is -2.51. The largest absolute Gasteiger partial charge is 0.748 e. The number of nitrogens with zero attached hydrogens (tertiary/aromatic N) is 1. The van der Waals surface area contributed by atoms with Gasteiger partial charge in [-0.1, -0.05) is 65.5 Å². The molecule has 0 aromatic heterocycles. The highest BCUT2D eigenvalue weighted by molar-refractivity contribution is 7.85. The zero-order chi connectivity index (χ0) is 30.9. The number of likely N-dealkylation sites (N-methyl/N-ethyl adjacent to an activating group) is 1. The molecule has 0 aliphatic heterocycles. The van der Waals surface area contributed by atoms with Crippen molar-refractivity contribution in [2.75, 3.05) is 39.5 Å². The molecule has 242 valence electrons. The van der Waals surface area contributed by atoms with Gasteiger partial charge in [0.05, 0.1) is 43.8 Å². The van der Waals surface area contributed by atoms with Crippen molar-refractivity contribution < 1.29 is 22.2 Å². The normalized spacial score (nSPS) is 35.6. The van der Waals surface area contributed by atoms with E-state index in [1.165, 1.54) is 51.4 Å². The van der Waals surface area contributed by atoms with E-state index in [4.69, 9.17) is 0 Å². The van der Waals surface area contributed by atoms with E-state index in [-0.39, 0.29) is 23.0 Å².